The number of benzene rings is 2. The second-order valence-electron chi connectivity index (χ2n) is 4.01. The Morgan fingerprint density at radius 2 is 1.56 bits per heavy atom. The molecular weight excluding hydrogens is 218 g/mol. The smallest absolute Gasteiger partial charge is 0.0534 e. The molecule has 0 radical (unpaired) electrons. The monoisotopic (exact) mass is 231 g/mol. The fourth-order valence-electron chi connectivity index (χ4n) is 1.66. The maximum Gasteiger partial charge on any atom is 0.0534 e. The van der Waals surface area contributed by atoms with Gasteiger partial charge in [0.2, 0.25) is 0 Å². The van der Waals surface area contributed by atoms with Crippen LogP contribution in [0.3, 0.4) is 0 Å². The second-order valence-corrected chi connectivity index (χ2v) is 4.39. The molecule has 0 unspecified atom stereocenters. The molecule has 0 amide bonds. The zero-order chi connectivity index (χ0) is 11.7. The van der Waals surface area contributed by atoms with Crippen molar-refractivity contribution in [2.75, 3.05) is 5.73 Å². The summed E-state index contributed by atoms with van der Waals surface area (Å²) in [4.78, 5) is 0. The predicted octanol–water partition coefficient (Wildman–Crippen LogP) is 4.21. The fourth-order valence-corrected chi connectivity index (χ4v) is 1.94. The third-order valence-corrected chi connectivity index (χ3v) is 3.28. The first-order valence-electron chi connectivity index (χ1n) is 5.21. The maximum absolute atomic E-state index is 6.29. The van der Waals surface area contributed by atoms with Gasteiger partial charge < -0.3 is 5.73 Å². The second kappa shape index (κ2) is 4.18. The van der Waals surface area contributed by atoms with E-state index in [4.69, 9.17) is 17.3 Å². The zero-order valence-corrected chi connectivity index (χ0v) is 10.2. The number of hydrogen-bond acceptors (Lipinski definition) is 1. The Hall–Kier alpha value is -1.47. The number of halogens is 1. The molecule has 0 bridgehead atoms. The minimum absolute atomic E-state index is 0.737. The molecule has 0 aromatic heterocycles. The quantitative estimate of drug-likeness (QED) is 0.732. The molecule has 0 saturated carbocycles. The highest BCUT2D eigenvalue weighted by Gasteiger charge is 2.07. The number of anilines is 1. The van der Waals surface area contributed by atoms with Crippen LogP contribution in [0.4, 0.5) is 5.69 Å². The molecule has 2 aromatic carbocycles. The summed E-state index contributed by atoms with van der Waals surface area (Å²) in [6.07, 6.45) is 0. The molecule has 0 spiro atoms. The van der Waals surface area contributed by atoms with Crippen LogP contribution in [0.1, 0.15) is 11.1 Å². The standard InChI is InChI=1S/C14H14ClN/c1-9-3-5-11(6-4-9)12-7-8-13(16)10(2)14(12)15/h3-8H,16H2,1-2H3. The third-order valence-electron chi connectivity index (χ3n) is 2.79. The minimum Gasteiger partial charge on any atom is -0.398 e. The van der Waals surface area contributed by atoms with E-state index in [0.717, 1.165) is 27.4 Å². The van der Waals surface area contributed by atoms with Crippen molar-refractivity contribution in [2.45, 2.75) is 13.8 Å². The molecule has 2 N–H and O–H groups in total. The Kier molecular flexibility index (Phi) is 2.88. The number of nitrogen functional groups attached to an aromatic ring is 1. The van der Waals surface area contributed by atoms with Crippen molar-refractivity contribution in [3.63, 3.8) is 0 Å². The van der Waals surface area contributed by atoms with Crippen molar-refractivity contribution >= 4 is 17.3 Å². The molecule has 2 heteroatoms. The van der Waals surface area contributed by atoms with Crippen LogP contribution in [-0.4, -0.2) is 0 Å². The van der Waals surface area contributed by atoms with Gasteiger partial charge in [-0.2, -0.15) is 0 Å². The van der Waals surface area contributed by atoms with Crippen LogP contribution in [0.15, 0.2) is 36.4 Å². The summed E-state index contributed by atoms with van der Waals surface area (Å²) in [6.45, 7) is 4.01. The molecule has 0 aliphatic carbocycles. The van der Waals surface area contributed by atoms with Gasteiger partial charge in [0.05, 0.1) is 5.02 Å². The number of hydrogen-bond donors (Lipinski definition) is 1. The SMILES string of the molecule is Cc1ccc(-c2ccc(N)c(C)c2Cl)cc1. The van der Waals surface area contributed by atoms with E-state index in [0.29, 0.717) is 0 Å². The third kappa shape index (κ3) is 1.91. The molecule has 0 atom stereocenters. The lowest BCUT2D eigenvalue weighted by Crippen LogP contribution is -1.91. The molecule has 2 aromatic rings. The molecular formula is C14H14ClN. The molecule has 0 saturated heterocycles. The number of rotatable bonds is 1. The van der Waals surface area contributed by atoms with Gasteiger partial charge >= 0.3 is 0 Å². The Bertz CT molecular complexity index is 515. The van der Waals surface area contributed by atoms with Crippen LogP contribution >= 0.6 is 11.6 Å². The van der Waals surface area contributed by atoms with Gasteiger partial charge in [-0.15, -0.1) is 0 Å². The fraction of sp³-hybridized carbons (Fsp3) is 0.143. The molecule has 0 fully saturated rings. The predicted molar refractivity (Wildman–Crippen MR) is 70.8 cm³/mol. The summed E-state index contributed by atoms with van der Waals surface area (Å²) in [7, 11) is 0. The van der Waals surface area contributed by atoms with Gasteiger partial charge in [-0.1, -0.05) is 47.5 Å². The molecule has 0 aliphatic heterocycles. The van der Waals surface area contributed by atoms with Crippen molar-refractivity contribution in [2.24, 2.45) is 0 Å². The highest BCUT2D eigenvalue weighted by Crippen LogP contribution is 2.33. The largest absolute Gasteiger partial charge is 0.398 e. The first-order chi connectivity index (χ1) is 7.59. The van der Waals surface area contributed by atoms with E-state index in [1.807, 2.05) is 19.1 Å². The van der Waals surface area contributed by atoms with Crippen LogP contribution in [0.5, 0.6) is 0 Å². The van der Waals surface area contributed by atoms with Crippen LogP contribution in [-0.2, 0) is 0 Å². The highest BCUT2D eigenvalue weighted by molar-refractivity contribution is 6.34. The van der Waals surface area contributed by atoms with Gasteiger partial charge in [-0.25, -0.2) is 0 Å². The molecule has 1 nitrogen and oxygen atoms in total. The van der Waals surface area contributed by atoms with Crippen LogP contribution in [0.25, 0.3) is 11.1 Å². The molecule has 0 heterocycles. The maximum atomic E-state index is 6.29. The number of nitrogens with two attached hydrogens (primary N) is 1. The Morgan fingerprint density at radius 3 is 2.19 bits per heavy atom. The van der Waals surface area contributed by atoms with Crippen LogP contribution in [0.2, 0.25) is 5.02 Å². The first kappa shape index (κ1) is 11.0. The van der Waals surface area contributed by atoms with E-state index < -0.39 is 0 Å². The minimum atomic E-state index is 0.737. The van der Waals surface area contributed by atoms with Crippen molar-refractivity contribution in [3.05, 3.63) is 52.5 Å². The van der Waals surface area contributed by atoms with Crippen molar-refractivity contribution < 1.29 is 0 Å². The first-order valence-corrected chi connectivity index (χ1v) is 5.59. The van der Waals surface area contributed by atoms with E-state index in [9.17, 15) is 0 Å². The lowest BCUT2D eigenvalue weighted by Gasteiger charge is -2.09. The molecule has 82 valence electrons. The lowest BCUT2D eigenvalue weighted by molar-refractivity contribution is 1.44. The van der Waals surface area contributed by atoms with E-state index >= 15 is 0 Å². The van der Waals surface area contributed by atoms with Gasteiger partial charge in [0.15, 0.2) is 0 Å². The number of aryl methyl sites for hydroxylation is 1. The Balaban J connectivity index is 2.57. The summed E-state index contributed by atoms with van der Waals surface area (Å²) in [5.74, 6) is 0. The van der Waals surface area contributed by atoms with Gasteiger partial charge in [0, 0.05) is 11.3 Å². The van der Waals surface area contributed by atoms with Gasteiger partial charge in [-0.3, -0.25) is 0 Å². The van der Waals surface area contributed by atoms with E-state index in [1.165, 1.54) is 5.56 Å². The molecule has 16 heavy (non-hydrogen) atoms. The van der Waals surface area contributed by atoms with Crippen LogP contribution in [0, 0.1) is 13.8 Å². The van der Waals surface area contributed by atoms with E-state index in [-0.39, 0.29) is 0 Å². The van der Waals surface area contributed by atoms with Gasteiger partial charge in [0.1, 0.15) is 0 Å². The normalized spacial score (nSPS) is 10.4. The average Bonchev–Trinajstić information content (AvgIpc) is 2.28. The van der Waals surface area contributed by atoms with E-state index in [2.05, 4.69) is 31.2 Å². The van der Waals surface area contributed by atoms with Crippen molar-refractivity contribution in [1.82, 2.24) is 0 Å². The zero-order valence-electron chi connectivity index (χ0n) is 9.42. The molecule has 2 rings (SSSR count). The Morgan fingerprint density at radius 1 is 0.938 bits per heavy atom. The summed E-state index contributed by atoms with van der Waals surface area (Å²) in [6, 6.07) is 12.2. The van der Waals surface area contributed by atoms with Crippen LogP contribution < -0.4 is 5.73 Å². The van der Waals surface area contributed by atoms with Crippen molar-refractivity contribution in [1.29, 1.82) is 0 Å². The topological polar surface area (TPSA) is 26.0 Å². The van der Waals surface area contributed by atoms with Gasteiger partial charge in [0.25, 0.3) is 0 Å². The van der Waals surface area contributed by atoms with Crippen molar-refractivity contribution in [3.8, 4) is 11.1 Å². The van der Waals surface area contributed by atoms with Gasteiger partial charge in [-0.05, 0) is 31.0 Å². The highest BCUT2D eigenvalue weighted by atomic mass is 35.5. The Labute approximate surface area is 101 Å². The summed E-state index contributed by atoms with van der Waals surface area (Å²) < 4.78 is 0. The summed E-state index contributed by atoms with van der Waals surface area (Å²) >= 11 is 6.29. The lowest BCUT2D eigenvalue weighted by atomic mass is 10.0. The summed E-state index contributed by atoms with van der Waals surface area (Å²) in [5, 5.41) is 0.740. The molecule has 0 aliphatic rings. The average molecular weight is 232 g/mol. The summed E-state index contributed by atoms with van der Waals surface area (Å²) in [5.41, 5.74) is 10.9. The van der Waals surface area contributed by atoms with E-state index in [1.54, 1.807) is 0 Å².